The second-order valence-electron chi connectivity index (χ2n) is 2.60. The van der Waals surface area contributed by atoms with E-state index in [0.29, 0.717) is 6.42 Å². The minimum Gasteiger partial charge on any atom is -0.298 e. The van der Waals surface area contributed by atoms with E-state index in [4.69, 9.17) is 0 Å². The van der Waals surface area contributed by atoms with Crippen LogP contribution in [0.1, 0.15) is 13.3 Å². The average Bonchev–Trinajstić information content (AvgIpc) is 1.98. The lowest BCUT2D eigenvalue weighted by Gasteiger charge is -2.17. The molecule has 0 fully saturated rings. The lowest BCUT2D eigenvalue weighted by atomic mass is 10.1. The van der Waals surface area contributed by atoms with Gasteiger partial charge in [-0.2, -0.15) is 0 Å². The molecule has 0 spiro atoms. The van der Waals surface area contributed by atoms with Gasteiger partial charge in [0, 0.05) is 6.42 Å². The van der Waals surface area contributed by atoms with Crippen LogP contribution in [-0.4, -0.2) is 30.8 Å². The standard InChI is InChI=1S/C9H15NO/c1-5-7-8(10(3)4)9(11)6-2/h7-8H,1,6H2,2-4H3. The van der Waals surface area contributed by atoms with Gasteiger partial charge in [0.15, 0.2) is 5.78 Å². The Kier molecular flexibility index (Phi) is 4.51. The van der Waals surface area contributed by atoms with Gasteiger partial charge in [-0.05, 0) is 20.2 Å². The van der Waals surface area contributed by atoms with E-state index >= 15 is 0 Å². The Bertz CT molecular complexity index is 178. The van der Waals surface area contributed by atoms with E-state index in [1.165, 1.54) is 0 Å². The van der Waals surface area contributed by atoms with Crippen molar-refractivity contribution in [3.8, 4) is 0 Å². The Morgan fingerprint density at radius 3 is 2.55 bits per heavy atom. The number of hydrogen-bond acceptors (Lipinski definition) is 2. The van der Waals surface area contributed by atoms with Crippen molar-refractivity contribution in [3.63, 3.8) is 0 Å². The first kappa shape index (κ1) is 10.2. The molecule has 0 saturated heterocycles. The maximum atomic E-state index is 11.2. The highest BCUT2D eigenvalue weighted by Crippen LogP contribution is 1.99. The molecule has 0 aliphatic carbocycles. The fourth-order valence-electron chi connectivity index (χ4n) is 0.851. The van der Waals surface area contributed by atoms with E-state index in [2.05, 4.69) is 12.3 Å². The van der Waals surface area contributed by atoms with Crippen LogP contribution in [0.15, 0.2) is 18.4 Å². The fraction of sp³-hybridized carbons (Fsp3) is 0.556. The van der Waals surface area contributed by atoms with Gasteiger partial charge in [0.25, 0.3) is 0 Å². The molecule has 0 bridgehead atoms. The molecule has 0 radical (unpaired) electrons. The number of ketones is 1. The molecule has 1 atom stereocenters. The van der Waals surface area contributed by atoms with Crippen LogP contribution < -0.4 is 0 Å². The van der Waals surface area contributed by atoms with Crippen molar-refractivity contribution in [2.24, 2.45) is 0 Å². The summed E-state index contributed by atoms with van der Waals surface area (Å²) in [4.78, 5) is 13.1. The number of nitrogens with zero attached hydrogens (tertiary/aromatic N) is 1. The smallest absolute Gasteiger partial charge is 0.154 e. The minimum atomic E-state index is -0.155. The molecule has 0 aromatic rings. The summed E-state index contributed by atoms with van der Waals surface area (Å²) >= 11 is 0. The van der Waals surface area contributed by atoms with Crippen molar-refractivity contribution in [3.05, 3.63) is 18.4 Å². The first-order valence-corrected chi connectivity index (χ1v) is 3.68. The van der Waals surface area contributed by atoms with Crippen LogP contribution in [-0.2, 0) is 4.79 Å². The zero-order valence-corrected chi connectivity index (χ0v) is 7.42. The molecule has 0 aromatic heterocycles. The largest absolute Gasteiger partial charge is 0.298 e. The van der Waals surface area contributed by atoms with Gasteiger partial charge in [-0.15, -0.1) is 5.73 Å². The molecule has 0 aliphatic rings. The van der Waals surface area contributed by atoms with Gasteiger partial charge in [-0.25, -0.2) is 0 Å². The van der Waals surface area contributed by atoms with Gasteiger partial charge in [0.05, 0.1) is 6.04 Å². The van der Waals surface area contributed by atoms with E-state index in [9.17, 15) is 4.79 Å². The highest BCUT2D eigenvalue weighted by molar-refractivity contribution is 5.85. The fourth-order valence-corrected chi connectivity index (χ4v) is 0.851. The van der Waals surface area contributed by atoms with Crippen molar-refractivity contribution in [2.75, 3.05) is 14.1 Å². The third-order valence-electron chi connectivity index (χ3n) is 1.51. The molecule has 0 amide bonds. The number of carbonyl (C=O) groups is 1. The van der Waals surface area contributed by atoms with Crippen LogP contribution in [0, 0.1) is 0 Å². The Morgan fingerprint density at radius 1 is 1.73 bits per heavy atom. The van der Waals surface area contributed by atoms with E-state index in [-0.39, 0.29) is 11.8 Å². The predicted molar refractivity (Wildman–Crippen MR) is 46.5 cm³/mol. The summed E-state index contributed by atoms with van der Waals surface area (Å²) in [7, 11) is 3.73. The molecular weight excluding hydrogens is 138 g/mol. The molecule has 11 heavy (non-hydrogen) atoms. The quantitative estimate of drug-likeness (QED) is 0.566. The topological polar surface area (TPSA) is 20.3 Å². The van der Waals surface area contributed by atoms with Crippen molar-refractivity contribution < 1.29 is 4.79 Å². The van der Waals surface area contributed by atoms with Crippen LogP contribution in [0.2, 0.25) is 0 Å². The summed E-state index contributed by atoms with van der Waals surface area (Å²) in [6.45, 7) is 5.30. The third kappa shape index (κ3) is 3.17. The van der Waals surface area contributed by atoms with Crippen LogP contribution in [0.3, 0.4) is 0 Å². The molecule has 0 saturated carbocycles. The minimum absolute atomic E-state index is 0.155. The second-order valence-corrected chi connectivity index (χ2v) is 2.60. The summed E-state index contributed by atoms with van der Waals surface area (Å²) in [5, 5.41) is 0. The predicted octanol–water partition coefficient (Wildman–Crippen LogP) is 1.24. The molecule has 0 heterocycles. The van der Waals surface area contributed by atoms with Crippen LogP contribution in [0.25, 0.3) is 0 Å². The normalized spacial score (nSPS) is 12.4. The number of hydrogen-bond donors (Lipinski definition) is 0. The Morgan fingerprint density at radius 2 is 2.27 bits per heavy atom. The summed E-state index contributed by atoms with van der Waals surface area (Å²) in [5.74, 6) is 0.200. The van der Waals surface area contributed by atoms with Gasteiger partial charge in [-0.3, -0.25) is 9.69 Å². The lowest BCUT2D eigenvalue weighted by molar-refractivity contribution is -0.121. The number of Topliss-reactive ketones (excluding diaryl/α,β-unsaturated/α-hetero) is 1. The summed E-state index contributed by atoms with van der Waals surface area (Å²) < 4.78 is 0. The lowest BCUT2D eigenvalue weighted by Crippen LogP contribution is -2.33. The van der Waals surface area contributed by atoms with Crippen LogP contribution in [0.5, 0.6) is 0 Å². The van der Waals surface area contributed by atoms with E-state index in [1.54, 1.807) is 6.08 Å². The van der Waals surface area contributed by atoms with Crippen molar-refractivity contribution >= 4 is 5.78 Å². The highest BCUT2D eigenvalue weighted by atomic mass is 16.1. The first-order chi connectivity index (χ1) is 5.13. The van der Waals surface area contributed by atoms with E-state index in [0.717, 1.165) is 0 Å². The molecule has 0 aliphatic heterocycles. The van der Waals surface area contributed by atoms with Crippen molar-refractivity contribution in [1.82, 2.24) is 4.90 Å². The Balaban J connectivity index is 4.33. The number of carbonyl (C=O) groups excluding carboxylic acids is 1. The van der Waals surface area contributed by atoms with Gasteiger partial charge in [0.1, 0.15) is 0 Å². The summed E-state index contributed by atoms with van der Waals surface area (Å²) in [6.07, 6.45) is 2.24. The molecule has 2 nitrogen and oxygen atoms in total. The molecule has 0 rings (SSSR count). The number of rotatable bonds is 4. The van der Waals surface area contributed by atoms with Crippen LogP contribution >= 0.6 is 0 Å². The van der Waals surface area contributed by atoms with Gasteiger partial charge >= 0.3 is 0 Å². The zero-order chi connectivity index (χ0) is 8.85. The van der Waals surface area contributed by atoms with Gasteiger partial charge in [0.2, 0.25) is 0 Å². The summed E-state index contributed by atoms with van der Waals surface area (Å²) in [6, 6.07) is -0.155. The second kappa shape index (κ2) is 4.89. The van der Waals surface area contributed by atoms with Crippen LogP contribution in [0.4, 0.5) is 0 Å². The van der Waals surface area contributed by atoms with E-state index < -0.39 is 0 Å². The van der Waals surface area contributed by atoms with E-state index in [1.807, 2.05) is 25.9 Å². The number of likely N-dealkylation sites (N-methyl/N-ethyl adjacent to an activating group) is 1. The average molecular weight is 153 g/mol. The van der Waals surface area contributed by atoms with Gasteiger partial charge < -0.3 is 0 Å². The Hall–Kier alpha value is -0.850. The molecule has 0 N–H and O–H groups in total. The molecule has 1 unspecified atom stereocenters. The van der Waals surface area contributed by atoms with Crippen molar-refractivity contribution in [1.29, 1.82) is 0 Å². The molecule has 2 heteroatoms. The van der Waals surface area contributed by atoms with Crippen molar-refractivity contribution in [2.45, 2.75) is 19.4 Å². The monoisotopic (exact) mass is 153 g/mol. The molecular formula is C9H15NO. The highest BCUT2D eigenvalue weighted by Gasteiger charge is 2.14. The SMILES string of the molecule is C=C=CC(C(=O)CC)N(C)C. The molecule has 0 aromatic carbocycles. The maximum absolute atomic E-state index is 11.2. The first-order valence-electron chi connectivity index (χ1n) is 3.68. The van der Waals surface area contributed by atoms with Gasteiger partial charge in [-0.1, -0.05) is 13.5 Å². The molecule has 62 valence electrons. The third-order valence-corrected chi connectivity index (χ3v) is 1.51. The zero-order valence-electron chi connectivity index (χ0n) is 7.42. The maximum Gasteiger partial charge on any atom is 0.154 e. The summed E-state index contributed by atoms with van der Waals surface area (Å²) in [5.41, 5.74) is 2.63. The Labute approximate surface area is 68.2 Å².